The van der Waals surface area contributed by atoms with Gasteiger partial charge in [-0.25, -0.2) is 4.98 Å². The molecular formula is C31H40N6O6. The van der Waals surface area contributed by atoms with Crippen molar-refractivity contribution in [1.29, 1.82) is 0 Å². The molecule has 0 fully saturated rings. The average molecular weight is 593 g/mol. The molecule has 0 spiro atoms. The quantitative estimate of drug-likeness (QED) is 0.300. The van der Waals surface area contributed by atoms with Crippen molar-refractivity contribution in [2.75, 3.05) is 6.54 Å². The Morgan fingerprint density at radius 1 is 1.09 bits per heavy atom. The van der Waals surface area contributed by atoms with Gasteiger partial charge in [-0.1, -0.05) is 32.0 Å². The lowest BCUT2D eigenvalue weighted by Gasteiger charge is -2.27. The fraction of sp³-hybridized carbons (Fsp3) is 0.484. The van der Waals surface area contributed by atoms with Crippen LogP contribution in [0.1, 0.15) is 90.5 Å². The molecule has 3 aromatic rings. The molecule has 0 radical (unpaired) electrons. The predicted octanol–water partition coefficient (Wildman–Crippen LogP) is 2.62. The summed E-state index contributed by atoms with van der Waals surface area (Å²) in [5.74, 6) is -1.90. The van der Waals surface area contributed by atoms with E-state index in [9.17, 15) is 24.3 Å². The second-order valence-corrected chi connectivity index (χ2v) is 11.5. The molecule has 3 heterocycles. The highest BCUT2D eigenvalue weighted by atomic mass is 16.3. The van der Waals surface area contributed by atoms with Crippen LogP contribution in [0.25, 0.3) is 10.9 Å². The van der Waals surface area contributed by atoms with Crippen molar-refractivity contribution in [3.63, 3.8) is 0 Å². The number of pyridine rings is 1. The van der Waals surface area contributed by atoms with E-state index in [0.717, 1.165) is 16.5 Å². The van der Waals surface area contributed by atoms with Gasteiger partial charge in [0.1, 0.15) is 24.4 Å². The molecule has 43 heavy (non-hydrogen) atoms. The van der Waals surface area contributed by atoms with E-state index in [2.05, 4.69) is 31.2 Å². The van der Waals surface area contributed by atoms with Crippen molar-refractivity contribution in [2.24, 2.45) is 5.92 Å². The molecule has 0 aliphatic carbocycles. The summed E-state index contributed by atoms with van der Waals surface area (Å²) in [6.45, 7) is 9.31. The van der Waals surface area contributed by atoms with Crippen molar-refractivity contribution in [3.8, 4) is 0 Å². The first kappa shape index (κ1) is 31.6. The number of amides is 4. The molecule has 12 heteroatoms. The summed E-state index contributed by atoms with van der Waals surface area (Å²) in [5, 5.41) is 22.3. The van der Waals surface area contributed by atoms with Crippen LogP contribution >= 0.6 is 0 Å². The van der Waals surface area contributed by atoms with Crippen LogP contribution in [0.5, 0.6) is 0 Å². The molecule has 4 amide bonds. The van der Waals surface area contributed by atoms with Crippen LogP contribution in [-0.2, 0) is 9.59 Å². The van der Waals surface area contributed by atoms with Gasteiger partial charge in [0.2, 0.25) is 17.7 Å². The molecule has 1 aromatic carbocycles. The maximum absolute atomic E-state index is 13.6. The van der Waals surface area contributed by atoms with Gasteiger partial charge in [0.15, 0.2) is 5.69 Å². The van der Waals surface area contributed by atoms with E-state index in [1.165, 1.54) is 13.2 Å². The Kier molecular flexibility index (Phi) is 10.1. The maximum atomic E-state index is 13.6. The summed E-state index contributed by atoms with van der Waals surface area (Å²) in [6.07, 6.45) is 1.64. The van der Waals surface area contributed by atoms with Crippen molar-refractivity contribution in [1.82, 2.24) is 31.2 Å². The van der Waals surface area contributed by atoms with Crippen LogP contribution in [-0.4, -0.2) is 63.4 Å². The van der Waals surface area contributed by atoms with E-state index < -0.39 is 47.9 Å². The van der Waals surface area contributed by atoms with Crippen molar-refractivity contribution in [3.05, 3.63) is 58.9 Å². The third-order valence-electron chi connectivity index (χ3n) is 7.45. The Hall–Kier alpha value is -4.32. The van der Waals surface area contributed by atoms with Crippen LogP contribution in [0.15, 0.2) is 34.9 Å². The maximum Gasteiger partial charge on any atom is 0.273 e. The summed E-state index contributed by atoms with van der Waals surface area (Å²) < 4.78 is 5.55. The molecular weight excluding hydrogens is 552 g/mol. The van der Waals surface area contributed by atoms with Gasteiger partial charge in [-0.05, 0) is 64.0 Å². The highest BCUT2D eigenvalue weighted by Gasteiger charge is 2.33. The zero-order valence-electron chi connectivity index (χ0n) is 25.2. The van der Waals surface area contributed by atoms with Crippen LogP contribution in [0.2, 0.25) is 0 Å². The molecule has 4 rings (SSSR count). The van der Waals surface area contributed by atoms with Gasteiger partial charge in [0.05, 0.1) is 22.9 Å². The number of hydrogen-bond donors (Lipinski definition) is 5. The zero-order valence-corrected chi connectivity index (χ0v) is 25.2. The summed E-state index contributed by atoms with van der Waals surface area (Å²) in [4.78, 5) is 62.0. The first-order valence-electron chi connectivity index (χ1n) is 14.6. The summed E-state index contributed by atoms with van der Waals surface area (Å²) in [6, 6.07) is 4.41. The highest BCUT2D eigenvalue weighted by molar-refractivity contribution is 6.01. The Morgan fingerprint density at radius 2 is 1.86 bits per heavy atom. The van der Waals surface area contributed by atoms with Crippen LogP contribution in [0, 0.1) is 19.8 Å². The number of nitrogens with zero attached hydrogens (tertiary/aromatic N) is 2. The molecule has 0 unspecified atom stereocenters. The second-order valence-electron chi connectivity index (χ2n) is 11.5. The fourth-order valence-electron chi connectivity index (χ4n) is 5.10. The Morgan fingerprint density at radius 3 is 2.58 bits per heavy atom. The van der Waals surface area contributed by atoms with Gasteiger partial charge >= 0.3 is 0 Å². The average Bonchev–Trinajstić information content (AvgIpc) is 3.44. The third-order valence-corrected chi connectivity index (χ3v) is 7.45. The van der Waals surface area contributed by atoms with E-state index in [1.54, 1.807) is 13.0 Å². The molecule has 0 saturated heterocycles. The minimum atomic E-state index is -1.32. The van der Waals surface area contributed by atoms with Gasteiger partial charge in [-0.15, -0.1) is 0 Å². The van der Waals surface area contributed by atoms with E-state index >= 15 is 0 Å². The van der Waals surface area contributed by atoms with E-state index in [-0.39, 0.29) is 23.9 Å². The number of oxazole rings is 1. The third kappa shape index (κ3) is 7.75. The Bertz CT molecular complexity index is 1500. The number of hydrogen-bond acceptors (Lipinski definition) is 8. The molecule has 5 N–H and O–H groups in total. The number of aliphatic hydroxyl groups is 1. The number of carbonyl (C=O) groups excluding carboxylic acids is 4. The molecule has 230 valence electrons. The van der Waals surface area contributed by atoms with E-state index in [0.29, 0.717) is 37.1 Å². The van der Waals surface area contributed by atoms with E-state index in [4.69, 9.17) is 4.42 Å². The van der Waals surface area contributed by atoms with E-state index in [1.807, 2.05) is 39.0 Å². The lowest BCUT2D eigenvalue weighted by Crippen LogP contribution is -2.57. The number of carbonyl (C=O) groups is 4. The molecule has 12 nitrogen and oxygen atoms in total. The van der Waals surface area contributed by atoms with Gasteiger partial charge in [0.25, 0.3) is 11.8 Å². The number of aryl methyl sites for hydroxylation is 2. The summed E-state index contributed by atoms with van der Waals surface area (Å²) >= 11 is 0. The largest absolute Gasteiger partial charge is 0.446 e. The Labute approximate surface area is 250 Å². The number of fused-ring (bicyclic) bond motifs is 3. The van der Waals surface area contributed by atoms with Crippen molar-refractivity contribution in [2.45, 2.75) is 84.5 Å². The van der Waals surface area contributed by atoms with Gasteiger partial charge in [-0.2, -0.15) is 0 Å². The SMILES string of the molecule is Cc1nc2c(C)cccc2cc1C(=O)N[C@H]1CCCCNC(=O)c2coc(n2)[C@H](CC(C)C)NC(=O)[C@H]([C@@H](C)O)NC1=O. The number of aromatic nitrogens is 2. The molecule has 1 aliphatic heterocycles. The van der Waals surface area contributed by atoms with Crippen LogP contribution in [0.4, 0.5) is 0 Å². The molecule has 1 aliphatic rings. The number of aliphatic hydroxyl groups excluding tert-OH is 1. The Balaban J connectivity index is 1.60. The number of nitrogens with one attached hydrogen (secondary N) is 4. The molecule has 0 saturated carbocycles. The lowest BCUT2D eigenvalue weighted by molar-refractivity contribution is -0.133. The number of para-hydroxylation sites is 1. The minimum absolute atomic E-state index is 0.0881. The smallest absolute Gasteiger partial charge is 0.273 e. The minimum Gasteiger partial charge on any atom is -0.446 e. The monoisotopic (exact) mass is 592 g/mol. The van der Waals surface area contributed by atoms with Crippen LogP contribution in [0.3, 0.4) is 0 Å². The van der Waals surface area contributed by atoms with Gasteiger partial charge < -0.3 is 30.8 Å². The van der Waals surface area contributed by atoms with Gasteiger partial charge in [-0.3, -0.25) is 24.2 Å². The number of rotatable bonds is 5. The van der Waals surface area contributed by atoms with Gasteiger partial charge in [0, 0.05) is 11.9 Å². The highest BCUT2D eigenvalue weighted by Crippen LogP contribution is 2.22. The topological polar surface area (TPSA) is 176 Å². The van der Waals surface area contributed by atoms with Crippen LogP contribution < -0.4 is 21.3 Å². The predicted molar refractivity (Wildman–Crippen MR) is 159 cm³/mol. The van der Waals surface area contributed by atoms with Crippen molar-refractivity contribution < 1.29 is 28.7 Å². The second kappa shape index (κ2) is 13.8. The fourth-order valence-corrected chi connectivity index (χ4v) is 5.10. The van der Waals surface area contributed by atoms with Crippen molar-refractivity contribution >= 4 is 34.5 Å². The number of benzene rings is 1. The lowest BCUT2D eigenvalue weighted by atomic mass is 10.0. The molecule has 2 bridgehead atoms. The standard InChI is InChI=1S/C31H40N6O6/c1-16(2)13-23-31-36-24(15-43-31)28(40)32-12-7-6-11-22(29(41)37-26(19(5)38)30(42)35-23)34-27(39)21-14-20-10-8-9-17(3)25(20)33-18(21)4/h8-10,14-16,19,22-23,26,38H,6-7,11-13H2,1-5H3,(H,32,40)(H,34,39)(H,35,42)(H,37,41)/t19-,22+,23+,26+/m1/s1. The zero-order chi connectivity index (χ0) is 31.3. The molecule has 4 atom stereocenters. The molecule has 2 aromatic heterocycles. The first-order valence-corrected chi connectivity index (χ1v) is 14.6. The normalized spacial score (nSPS) is 21.2. The first-order chi connectivity index (χ1) is 20.4. The summed E-state index contributed by atoms with van der Waals surface area (Å²) in [7, 11) is 0. The summed E-state index contributed by atoms with van der Waals surface area (Å²) in [5.41, 5.74) is 2.71.